The zero-order chi connectivity index (χ0) is 17.9. The van der Waals surface area contributed by atoms with Gasteiger partial charge in [0.1, 0.15) is 17.0 Å². The Morgan fingerprint density at radius 3 is 2.73 bits per heavy atom. The number of nitrogens with zero attached hydrogens (tertiary/aromatic N) is 3. The average molecular weight is 367 g/mol. The number of carbonyl (C=O) groups excluding carboxylic acids is 1. The molecule has 2 N–H and O–H groups in total. The summed E-state index contributed by atoms with van der Waals surface area (Å²) >= 11 is 1.41. The van der Waals surface area contributed by atoms with Gasteiger partial charge in [0.2, 0.25) is 0 Å². The standard InChI is InChI=1S/C19H21N5OS/c1-24-9-7-14(8-10-24)23-18(25)16-11-15-17(20-12-21-19(15)26-16)22-13-5-3-2-4-6-13/h2-6,11-12,14H,7-10H2,1H3,(H,23,25)(H,20,21,22). The Labute approximate surface area is 156 Å². The Kier molecular flexibility index (Phi) is 4.81. The molecule has 1 fully saturated rings. The molecular formula is C19H21N5OS. The van der Waals surface area contributed by atoms with Crippen molar-refractivity contribution >= 4 is 39.0 Å². The van der Waals surface area contributed by atoms with Crippen LogP contribution in [0.3, 0.4) is 0 Å². The number of rotatable bonds is 4. The molecule has 0 radical (unpaired) electrons. The second kappa shape index (κ2) is 7.39. The lowest BCUT2D eigenvalue weighted by Gasteiger charge is -2.29. The van der Waals surface area contributed by atoms with E-state index in [-0.39, 0.29) is 11.9 Å². The first-order valence-corrected chi connectivity index (χ1v) is 9.57. The Bertz CT molecular complexity index is 903. The van der Waals surface area contributed by atoms with Gasteiger partial charge in [-0.2, -0.15) is 0 Å². The van der Waals surface area contributed by atoms with E-state index >= 15 is 0 Å². The van der Waals surface area contributed by atoms with Crippen LogP contribution < -0.4 is 10.6 Å². The fourth-order valence-corrected chi connectivity index (χ4v) is 4.04. The number of anilines is 2. The third-order valence-electron chi connectivity index (χ3n) is 4.64. The number of aromatic nitrogens is 2. The third kappa shape index (κ3) is 3.68. The van der Waals surface area contributed by atoms with E-state index < -0.39 is 0 Å². The lowest BCUT2D eigenvalue weighted by atomic mass is 10.1. The van der Waals surface area contributed by atoms with E-state index in [4.69, 9.17) is 0 Å². The van der Waals surface area contributed by atoms with Gasteiger partial charge in [-0.3, -0.25) is 4.79 Å². The molecule has 1 amide bonds. The summed E-state index contributed by atoms with van der Waals surface area (Å²) in [6.45, 7) is 2.04. The van der Waals surface area contributed by atoms with Gasteiger partial charge >= 0.3 is 0 Å². The lowest BCUT2D eigenvalue weighted by Crippen LogP contribution is -2.43. The zero-order valence-electron chi connectivity index (χ0n) is 14.6. The van der Waals surface area contributed by atoms with Crippen LogP contribution >= 0.6 is 11.3 Å². The van der Waals surface area contributed by atoms with Crippen molar-refractivity contribution in [2.24, 2.45) is 0 Å². The minimum Gasteiger partial charge on any atom is -0.349 e. The number of hydrogen-bond donors (Lipinski definition) is 2. The SMILES string of the molecule is CN1CCC(NC(=O)c2cc3c(Nc4ccccc4)ncnc3s2)CC1. The summed E-state index contributed by atoms with van der Waals surface area (Å²) in [6, 6.07) is 12.0. The van der Waals surface area contributed by atoms with Crippen molar-refractivity contribution in [1.82, 2.24) is 20.2 Å². The van der Waals surface area contributed by atoms with Crippen molar-refractivity contribution in [3.63, 3.8) is 0 Å². The van der Waals surface area contributed by atoms with Gasteiger partial charge in [0.05, 0.1) is 10.3 Å². The van der Waals surface area contributed by atoms with Crippen LogP contribution in [0.5, 0.6) is 0 Å². The van der Waals surface area contributed by atoms with Gasteiger partial charge in [-0.25, -0.2) is 9.97 Å². The van der Waals surface area contributed by atoms with E-state index in [1.165, 1.54) is 17.7 Å². The highest BCUT2D eigenvalue weighted by Crippen LogP contribution is 2.30. The van der Waals surface area contributed by atoms with Crippen molar-refractivity contribution < 1.29 is 4.79 Å². The highest BCUT2D eigenvalue weighted by molar-refractivity contribution is 7.20. The summed E-state index contributed by atoms with van der Waals surface area (Å²) in [4.78, 5) is 25.1. The van der Waals surface area contributed by atoms with E-state index in [2.05, 4.69) is 32.5 Å². The number of para-hydroxylation sites is 1. The van der Waals surface area contributed by atoms with Crippen LogP contribution in [0.25, 0.3) is 10.2 Å². The molecule has 7 heteroatoms. The molecule has 26 heavy (non-hydrogen) atoms. The number of carbonyl (C=O) groups is 1. The van der Waals surface area contributed by atoms with Crippen molar-refractivity contribution in [3.05, 3.63) is 47.6 Å². The second-order valence-corrected chi connectivity index (χ2v) is 7.62. The van der Waals surface area contributed by atoms with E-state index in [0.717, 1.165) is 47.7 Å². The van der Waals surface area contributed by atoms with Gasteiger partial charge in [-0.05, 0) is 51.2 Å². The molecule has 4 rings (SSSR count). The van der Waals surface area contributed by atoms with Crippen LogP contribution in [0.1, 0.15) is 22.5 Å². The first kappa shape index (κ1) is 16.9. The molecule has 1 aliphatic heterocycles. The maximum absolute atomic E-state index is 12.7. The minimum atomic E-state index is -0.0202. The molecule has 0 unspecified atom stereocenters. The number of fused-ring (bicyclic) bond motifs is 1. The molecule has 0 atom stereocenters. The number of hydrogen-bond acceptors (Lipinski definition) is 6. The van der Waals surface area contributed by atoms with Crippen LogP contribution in [0.2, 0.25) is 0 Å². The van der Waals surface area contributed by atoms with E-state index in [9.17, 15) is 4.79 Å². The van der Waals surface area contributed by atoms with E-state index in [0.29, 0.717) is 4.88 Å². The zero-order valence-corrected chi connectivity index (χ0v) is 15.4. The summed E-state index contributed by atoms with van der Waals surface area (Å²) in [5.74, 6) is 0.698. The molecule has 1 saturated heterocycles. The number of amides is 1. The minimum absolute atomic E-state index is 0.0202. The summed E-state index contributed by atoms with van der Waals surface area (Å²) in [5.41, 5.74) is 0.955. The highest BCUT2D eigenvalue weighted by atomic mass is 32.1. The monoisotopic (exact) mass is 367 g/mol. The predicted molar refractivity (Wildman–Crippen MR) is 105 cm³/mol. The molecular weight excluding hydrogens is 346 g/mol. The molecule has 3 heterocycles. The molecule has 0 saturated carbocycles. The van der Waals surface area contributed by atoms with Crippen LogP contribution in [-0.4, -0.2) is 47.0 Å². The molecule has 2 aromatic heterocycles. The van der Waals surface area contributed by atoms with Gasteiger partial charge in [0.15, 0.2) is 0 Å². The normalized spacial score (nSPS) is 15.9. The maximum Gasteiger partial charge on any atom is 0.261 e. The van der Waals surface area contributed by atoms with Crippen LogP contribution in [-0.2, 0) is 0 Å². The Morgan fingerprint density at radius 1 is 1.19 bits per heavy atom. The topological polar surface area (TPSA) is 70.2 Å². The Morgan fingerprint density at radius 2 is 1.96 bits per heavy atom. The largest absolute Gasteiger partial charge is 0.349 e. The molecule has 1 aliphatic rings. The average Bonchev–Trinajstić information content (AvgIpc) is 3.10. The maximum atomic E-state index is 12.7. The fraction of sp³-hybridized carbons (Fsp3) is 0.316. The predicted octanol–water partition coefficient (Wildman–Crippen LogP) is 3.26. The fourth-order valence-electron chi connectivity index (χ4n) is 3.13. The summed E-state index contributed by atoms with van der Waals surface area (Å²) < 4.78 is 0. The highest BCUT2D eigenvalue weighted by Gasteiger charge is 2.21. The van der Waals surface area contributed by atoms with Gasteiger partial charge in [0, 0.05) is 11.7 Å². The van der Waals surface area contributed by atoms with Crippen LogP contribution in [0.4, 0.5) is 11.5 Å². The van der Waals surface area contributed by atoms with E-state index in [1.54, 1.807) is 0 Å². The first-order valence-electron chi connectivity index (χ1n) is 8.75. The van der Waals surface area contributed by atoms with Gasteiger partial charge in [-0.1, -0.05) is 18.2 Å². The van der Waals surface area contributed by atoms with Crippen molar-refractivity contribution in [3.8, 4) is 0 Å². The van der Waals surface area contributed by atoms with Crippen molar-refractivity contribution in [2.45, 2.75) is 18.9 Å². The van der Waals surface area contributed by atoms with Gasteiger partial charge < -0.3 is 15.5 Å². The number of likely N-dealkylation sites (tertiary alicyclic amines) is 1. The molecule has 3 aromatic rings. The van der Waals surface area contributed by atoms with Crippen LogP contribution in [0, 0.1) is 0 Å². The molecule has 0 aliphatic carbocycles. The first-order chi connectivity index (χ1) is 12.7. The van der Waals surface area contributed by atoms with Crippen molar-refractivity contribution in [1.29, 1.82) is 0 Å². The molecule has 1 aromatic carbocycles. The smallest absolute Gasteiger partial charge is 0.261 e. The summed E-state index contributed by atoms with van der Waals surface area (Å²) in [7, 11) is 2.12. The summed E-state index contributed by atoms with van der Waals surface area (Å²) in [6.07, 6.45) is 3.52. The van der Waals surface area contributed by atoms with Gasteiger partial charge in [-0.15, -0.1) is 11.3 Å². The Balaban J connectivity index is 1.53. The van der Waals surface area contributed by atoms with Crippen molar-refractivity contribution in [2.75, 3.05) is 25.5 Å². The molecule has 0 bridgehead atoms. The number of benzene rings is 1. The molecule has 0 spiro atoms. The third-order valence-corrected chi connectivity index (χ3v) is 5.69. The quantitative estimate of drug-likeness (QED) is 0.741. The number of thiophene rings is 1. The van der Waals surface area contributed by atoms with Gasteiger partial charge in [0.25, 0.3) is 5.91 Å². The summed E-state index contributed by atoms with van der Waals surface area (Å²) in [5, 5.41) is 7.34. The number of piperidine rings is 1. The Hall–Kier alpha value is -2.51. The van der Waals surface area contributed by atoms with Crippen LogP contribution in [0.15, 0.2) is 42.7 Å². The number of nitrogens with one attached hydrogen (secondary N) is 2. The molecule has 134 valence electrons. The second-order valence-electron chi connectivity index (χ2n) is 6.59. The lowest BCUT2D eigenvalue weighted by molar-refractivity contribution is 0.0921. The molecule has 6 nitrogen and oxygen atoms in total. The van der Waals surface area contributed by atoms with E-state index in [1.807, 2.05) is 36.4 Å².